The van der Waals surface area contributed by atoms with Crippen LogP contribution < -0.4 is 15.2 Å². The molecule has 0 aromatic heterocycles. The number of sulfonamides is 1. The molecule has 7 nitrogen and oxygen atoms in total. The Kier molecular flexibility index (Phi) is 11.6. The summed E-state index contributed by atoms with van der Waals surface area (Å²) in [5.41, 5.74) is 5.98. The normalized spacial score (nSPS) is 12.4. The van der Waals surface area contributed by atoms with Gasteiger partial charge in [0.25, 0.3) is 0 Å². The van der Waals surface area contributed by atoms with Gasteiger partial charge in [-0.05, 0) is 43.5 Å². The molecule has 3 N–H and O–H groups in total. The molecule has 0 fully saturated rings. The molecule has 27 heavy (non-hydrogen) atoms. The molecule has 0 heterocycles. The van der Waals surface area contributed by atoms with Crippen molar-refractivity contribution in [1.29, 1.82) is 0 Å². The van der Waals surface area contributed by atoms with Crippen molar-refractivity contribution in [3.63, 3.8) is 0 Å². The number of rotatable bonds is 11. The number of carbonyl (C=O) groups is 1. The maximum absolute atomic E-state index is 12.2. The molecule has 0 aliphatic carbocycles. The van der Waals surface area contributed by atoms with Gasteiger partial charge in [-0.1, -0.05) is 13.8 Å². The van der Waals surface area contributed by atoms with Crippen LogP contribution in [0.25, 0.3) is 0 Å². The number of halogens is 1. The van der Waals surface area contributed by atoms with Crippen LogP contribution in [0.3, 0.4) is 0 Å². The minimum absolute atomic E-state index is 0. The van der Waals surface area contributed by atoms with Crippen molar-refractivity contribution in [1.82, 2.24) is 9.62 Å². The first-order chi connectivity index (χ1) is 12.2. The van der Waals surface area contributed by atoms with Crippen molar-refractivity contribution >= 4 is 28.3 Å². The van der Waals surface area contributed by atoms with E-state index in [1.54, 1.807) is 24.1 Å². The largest absolute Gasteiger partial charge is 0.494 e. The van der Waals surface area contributed by atoms with E-state index in [1.807, 2.05) is 20.8 Å². The second kappa shape index (κ2) is 12.2. The summed E-state index contributed by atoms with van der Waals surface area (Å²) in [6.07, 6.45) is 0.821. The average molecular weight is 422 g/mol. The third-order valence-electron chi connectivity index (χ3n) is 4.16. The van der Waals surface area contributed by atoms with Crippen LogP contribution >= 0.6 is 12.4 Å². The maximum atomic E-state index is 12.2. The summed E-state index contributed by atoms with van der Waals surface area (Å²) >= 11 is 0. The number of benzene rings is 1. The topological polar surface area (TPSA) is 102 Å². The van der Waals surface area contributed by atoms with E-state index in [0.717, 1.165) is 6.42 Å². The van der Waals surface area contributed by atoms with Crippen LogP contribution in [0.15, 0.2) is 29.2 Å². The highest BCUT2D eigenvalue weighted by molar-refractivity contribution is 7.89. The Morgan fingerprint density at radius 3 is 2.37 bits per heavy atom. The monoisotopic (exact) mass is 421 g/mol. The smallest absolute Gasteiger partial charge is 0.240 e. The van der Waals surface area contributed by atoms with Crippen LogP contribution in [0, 0.1) is 5.92 Å². The molecule has 1 atom stereocenters. The molecule has 0 spiro atoms. The predicted octanol–water partition coefficient (Wildman–Crippen LogP) is 2.01. The van der Waals surface area contributed by atoms with Crippen molar-refractivity contribution in [3.8, 4) is 5.75 Å². The van der Waals surface area contributed by atoms with Crippen LogP contribution in [-0.2, 0) is 14.8 Å². The van der Waals surface area contributed by atoms with E-state index in [1.165, 1.54) is 12.1 Å². The van der Waals surface area contributed by atoms with E-state index in [9.17, 15) is 13.2 Å². The summed E-state index contributed by atoms with van der Waals surface area (Å²) < 4.78 is 32.2. The first kappa shape index (κ1) is 25.6. The molecule has 1 unspecified atom stereocenters. The second-order valence-corrected chi connectivity index (χ2v) is 8.33. The summed E-state index contributed by atoms with van der Waals surface area (Å²) in [6, 6.07) is 6.22. The Morgan fingerprint density at radius 1 is 1.26 bits per heavy atom. The Balaban J connectivity index is 0.00000676. The fraction of sp³-hybridized carbons (Fsp3) is 0.611. The lowest BCUT2D eigenvalue weighted by Gasteiger charge is -2.21. The number of hydrogen-bond acceptors (Lipinski definition) is 5. The van der Waals surface area contributed by atoms with E-state index in [4.69, 9.17) is 10.5 Å². The van der Waals surface area contributed by atoms with E-state index in [2.05, 4.69) is 4.72 Å². The Hall–Kier alpha value is -1.35. The molecule has 0 aliphatic heterocycles. The average Bonchev–Trinajstić information content (AvgIpc) is 2.59. The highest BCUT2D eigenvalue weighted by Gasteiger charge is 2.16. The van der Waals surface area contributed by atoms with Gasteiger partial charge >= 0.3 is 0 Å². The SMILES string of the molecule is CCOc1ccc(S(=O)(=O)NCCC(=O)N(C)CCC(N)C(C)C)cc1.Cl. The standard InChI is InChI=1S/C18H31N3O4S.ClH/c1-5-25-15-6-8-16(9-7-15)26(23,24)20-12-10-18(22)21(4)13-11-17(19)14(2)3;/h6-9,14,17,20H,5,10-13,19H2,1-4H3;1H. The quantitative estimate of drug-likeness (QED) is 0.569. The summed E-state index contributed by atoms with van der Waals surface area (Å²) in [4.78, 5) is 13.8. The van der Waals surface area contributed by atoms with Crippen LogP contribution in [0.1, 0.15) is 33.6 Å². The molecule has 0 saturated carbocycles. The van der Waals surface area contributed by atoms with Gasteiger partial charge in [-0.3, -0.25) is 4.79 Å². The summed E-state index contributed by atoms with van der Waals surface area (Å²) in [6.45, 7) is 7.07. The van der Waals surface area contributed by atoms with Gasteiger partial charge in [0.15, 0.2) is 0 Å². The van der Waals surface area contributed by atoms with Crippen molar-refractivity contribution in [2.24, 2.45) is 11.7 Å². The molecular weight excluding hydrogens is 390 g/mol. The van der Waals surface area contributed by atoms with Gasteiger partial charge in [-0.25, -0.2) is 13.1 Å². The predicted molar refractivity (Wildman–Crippen MR) is 110 cm³/mol. The van der Waals surface area contributed by atoms with Crippen molar-refractivity contribution < 1.29 is 17.9 Å². The molecule has 1 aromatic carbocycles. The third kappa shape index (κ3) is 8.92. The highest BCUT2D eigenvalue weighted by Crippen LogP contribution is 2.15. The van der Waals surface area contributed by atoms with Gasteiger partial charge in [0.1, 0.15) is 5.75 Å². The van der Waals surface area contributed by atoms with Crippen LogP contribution in [0.5, 0.6) is 5.75 Å². The van der Waals surface area contributed by atoms with Crippen LogP contribution in [0.4, 0.5) is 0 Å². The lowest BCUT2D eigenvalue weighted by atomic mass is 10.0. The maximum Gasteiger partial charge on any atom is 0.240 e. The molecule has 1 amide bonds. The molecule has 0 aliphatic rings. The van der Waals surface area contributed by atoms with Crippen molar-refractivity contribution in [3.05, 3.63) is 24.3 Å². The molecule has 9 heteroatoms. The zero-order valence-electron chi connectivity index (χ0n) is 16.5. The molecule has 156 valence electrons. The van der Waals surface area contributed by atoms with Gasteiger partial charge in [-0.15, -0.1) is 12.4 Å². The molecule has 0 bridgehead atoms. The lowest BCUT2D eigenvalue weighted by molar-refractivity contribution is -0.129. The van der Waals surface area contributed by atoms with Crippen molar-refractivity contribution in [2.75, 3.05) is 26.7 Å². The Morgan fingerprint density at radius 2 is 1.85 bits per heavy atom. The van der Waals surface area contributed by atoms with E-state index < -0.39 is 10.0 Å². The number of carbonyl (C=O) groups excluding carboxylic acids is 1. The number of hydrogen-bond donors (Lipinski definition) is 2. The third-order valence-corrected chi connectivity index (χ3v) is 5.63. The van der Waals surface area contributed by atoms with E-state index in [-0.39, 0.29) is 42.2 Å². The van der Waals surface area contributed by atoms with Gasteiger partial charge in [-0.2, -0.15) is 0 Å². The first-order valence-electron chi connectivity index (χ1n) is 8.89. The number of nitrogens with one attached hydrogen (secondary N) is 1. The van der Waals surface area contributed by atoms with Gasteiger partial charge in [0.2, 0.25) is 15.9 Å². The Labute approximate surface area is 169 Å². The summed E-state index contributed by atoms with van der Waals surface area (Å²) in [5.74, 6) is 0.859. The molecule has 0 radical (unpaired) electrons. The Bertz CT molecular complexity index is 666. The van der Waals surface area contributed by atoms with Gasteiger partial charge in [0.05, 0.1) is 11.5 Å². The molecule has 1 rings (SSSR count). The minimum atomic E-state index is -3.65. The second-order valence-electron chi connectivity index (χ2n) is 6.56. The zero-order valence-corrected chi connectivity index (χ0v) is 18.1. The fourth-order valence-corrected chi connectivity index (χ4v) is 3.28. The van der Waals surface area contributed by atoms with Crippen molar-refractivity contribution in [2.45, 2.75) is 44.6 Å². The number of amides is 1. The minimum Gasteiger partial charge on any atom is -0.494 e. The number of ether oxygens (including phenoxy) is 1. The van der Waals surface area contributed by atoms with E-state index >= 15 is 0 Å². The highest BCUT2D eigenvalue weighted by atomic mass is 35.5. The number of nitrogens with two attached hydrogens (primary N) is 1. The fourth-order valence-electron chi connectivity index (χ4n) is 2.25. The molecular formula is C18H32ClN3O4S. The van der Waals surface area contributed by atoms with Crippen LogP contribution in [-0.4, -0.2) is 52.0 Å². The zero-order chi connectivity index (χ0) is 19.7. The lowest BCUT2D eigenvalue weighted by Crippen LogP contribution is -2.36. The first-order valence-corrected chi connectivity index (χ1v) is 10.4. The molecule has 0 saturated heterocycles. The van der Waals surface area contributed by atoms with Crippen LogP contribution in [0.2, 0.25) is 0 Å². The molecule has 1 aromatic rings. The van der Waals surface area contributed by atoms with Gasteiger partial charge in [0, 0.05) is 32.6 Å². The summed E-state index contributed by atoms with van der Waals surface area (Å²) in [5, 5.41) is 0. The number of nitrogens with zero attached hydrogens (tertiary/aromatic N) is 1. The van der Waals surface area contributed by atoms with Gasteiger partial charge < -0.3 is 15.4 Å². The summed E-state index contributed by atoms with van der Waals surface area (Å²) in [7, 11) is -1.94. The van der Waals surface area contributed by atoms with E-state index in [0.29, 0.717) is 24.8 Å².